The van der Waals surface area contributed by atoms with E-state index in [1.165, 1.54) is 0 Å². The van der Waals surface area contributed by atoms with Gasteiger partial charge < -0.3 is 15.4 Å². The van der Waals surface area contributed by atoms with Crippen molar-refractivity contribution < 1.29 is 4.74 Å². The first-order chi connectivity index (χ1) is 12.1. The van der Waals surface area contributed by atoms with Crippen LogP contribution < -0.4 is 15.4 Å². The maximum absolute atomic E-state index is 5.27. The predicted octanol–water partition coefficient (Wildman–Crippen LogP) is 4.11. The summed E-state index contributed by atoms with van der Waals surface area (Å²) in [7, 11) is 1.65. The molecule has 2 heterocycles. The predicted molar refractivity (Wildman–Crippen MR) is 100 cm³/mol. The van der Waals surface area contributed by atoms with Crippen LogP contribution in [0.4, 0.5) is 17.5 Å². The lowest BCUT2D eigenvalue weighted by atomic mass is 10.2. The molecule has 0 radical (unpaired) electrons. The van der Waals surface area contributed by atoms with E-state index in [2.05, 4.69) is 25.6 Å². The fourth-order valence-electron chi connectivity index (χ4n) is 2.33. The Morgan fingerprint density at radius 3 is 2.56 bits per heavy atom. The minimum atomic E-state index is 0.226. The second-order valence-electron chi connectivity index (χ2n) is 5.83. The molecule has 0 aliphatic heterocycles. The Bertz CT molecular complexity index is 836. The summed E-state index contributed by atoms with van der Waals surface area (Å²) < 4.78 is 5.27. The summed E-state index contributed by atoms with van der Waals surface area (Å²) in [6, 6.07) is 15.6. The average molecular weight is 335 g/mol. The van der Waals surface area contributed by atoms with Gasteiger partial charge in [0, 0.05) is 30.1 Å². The van der Waals surface area contributed by atoms with E-state index in [0.717, 1.165) is 22.8 Å². The Balaban J connectivity index is 1.96. The molecule has 6 nitrogen and oxygen atoms in total. The third kappa shape index (κ3) is 4.44. The van der Waals surface area contributed by atoms with Crippen molar-refractivity contribution in [2.45, 2.75) is 19.9 Å². The van der Waals surface area contributed by atoms with E-state index in [4.69, 9.17) is 4.74 Å². The summed E-state index contributed by atoms with van der Waals surface area (Å²) >= 11 is 0. The molecule has 0 amide bonds. The third-order valence-corrected chi connectivity index (χ3v) is 3.41. The van der Waals surface area contributed by atoms with Crippen molar-refractivity contribution in [1.29, 1.82) is 0 Å². The molecule has 0 aliphatic carbocycles. The first-order valence-corrected chi connectivity index (χ1v) is 8.12. The molecule has 0 atom stereocenters. The molecule has 1 aromatic carbocycles. The summed E-state index contributed by atoms with van der Waals surface area (Å²) in [6.07, 6.45) is 1.75. The number of rotatable bonds is 6. The standard InChI is InChI=1S/C19H21N5O/c1-13(2)21-19-23-17(16-9-4-5-10-20-16)12-18(24-19)22-14-7-6-8-15(11-14)25-3/h4-13H,1-3H3,(H2,21,22,23,24). The molecule has 0 spiro atoms. The maximum Gasteiger partial charge on any atom is 0.225 e. The van der Waals surface area contributed by atoms with Crippen molar-refractivity contribution >= 4 is 17.5 Å². The largest absolute Gasteiger partial charge is 0.497 e. The summed E-state index contributed by atoms with van der Waals surface area (Å²) in [5, 5.41) is 6.55. The SMILES string of the molecule is COc1cccc(Nc2cc(-c3ccccn3)nc(NC(C)C)n2)c1. The van der Waals surface area contributed by atoms with Crippen molar-refractivity contribution in [3.8, 4) is 17.1 Å². The molecule has 0 unspecified atom stereocenters. The molecular weight excluding hydrogens is 314 g/mol. The number of hydrogen-bond acceptors (Lipinski definition) is 6. The Morgan fingerprint density at radius 2 is 1.84 bits per heavy atom. The fraction of sp³-hybridized carbons (Fsp3) is 0.211. The normalized spacial score (nSPS) is 10.6. The van der Waals surface area contributed by atoms with Gasteiger partial charge in [0.1, 0.15) is 11.6 Å². The van der Waals surface area contributed by atoms with E-state index in [1.807, 2.05) is 62.4 Å². The minimum Gasteiger partial charge on any atom is -0.497 e. The van der Waals surface area contributed by atoms with E-state index in [9.17, 15) is 0 Å². The molecule has 0 aliphatic rings. The highest BCUT2D eigenvalue weighted by Gasteiger charge is 2.09. The molecule has 0 fully saturated rings. The van der Waals surface area contributed by atoms with Crippen LogP contribution >= 0.6 is 0 Å². The molecule has 128 valence electrons. The van der Waals surface area contributed by atoms with Gasteiger partial charge in [-0.05, 0) is 38.1 Å². The van der Waals surface area contributed by atoms with Crippen molar-refractivity contribution in [3.63, 3.8) is 0 Å². The number of ether oxygens (including phenoxy) is 1. The van der Waals surface area contributed by atoms with Gasteiger partial charge in [-0.1, -0.05) is 12.1 Å². The van der Waals surface area contributed by atoms with Gasteiger partial charge in [-0.15, -0.1) is 0 Å². The Kier molecular flexibility index (Phi) is 5.09. The van der Waals surface area contributed by atoms with Crippen LogP contribution in [0.3, 0.4) is 0 Å². The monoisotopic (exact) mass is 335 g/mol. The second-order valence-corrected chi connectivity index (χ2v) is 5.83. The molecule has 3 aromatic rings. The van der Waals surface area contributed by atoms with Gasteiger partial charge in [0.15, 0.2) is 0 Å². The van der Waals surface area contributed by atoms with Crippen molar-refractivity contribution in [3.05, 3.63) is 54.7 Å². The third-order valence-electron chi connectivity index (χ3n) is 3.41. The lowest BCUT2D eigenvalue weighted by Crippen LogP contribution is -2.13. The number of hydrogen-bond donors (Lipinski definition) is 2. The van der Waals surface area contributed by atoms with Crippen LogP contribution in [0.15, 0.2) is 54.7 Å². The highest BCUT2D eigenvalue weighted by Crippen LogP contribution is 2.24. The van der Waals surface area contributed by atoms with Crippen LogP contribution in [0.2, 0.25) is 0 Å². The molecule has 25 heavy (non-hydrogen) atoms. The van der Waals surface area contributed by atoms with Gasteiger partial charge in [-0.2, -0.15) is 4.98 Å². The number of nitrogens with zero attached hydrogens (tertiary/aromatic N) is 3. The second kappa shape index (κ2) is 7.61. The van der Waals surface area contributed by atoms with Crippen LogP contribution in [0.5, 0.6) is 5.75 Å². The highest BCUT2D eigenvalue weighted by atomic mass is 16.5. The van der Waals surface area contributed by atoms with E-state index < -0.39 is 0 Å². The summed E-state index contributed by atoms with van der Waals surface area (Å²) in [4.78, 5) is 13.5. The average Bonchev–Trinajstić information content (AvgIpc) is 2.62. The number of anilines is 3. The zero-order chi connectivity index (χ0) is 17.6. The summed E-state index contributed by atoms with van der Waals surface area (Å²) in [6.45, 7) is 4.10. The van der Waals surface area contributed by atoms with Gasteiger partial charge in [0.25, 0.3) is 0 Å². The first kappa shape index (κ1) is 16.7. The van der Waals surface area contributed by atoms with Gasteiger partial charge in [-0.25, -0.2) is 4.98 Å². The van der Waals surface area contributed by atoms with E-state index in [1.54, 1.807) is 13.3 Å². The smallest absolute Gasteiger partial charge is 0.225 e. The zero-order valence-corrected chi connectivity index (χ0v) is 14.5. The van der Waals surface area contributed by atoms with Crippen LogP contribution in [0.1, 0.15) is 13.8 Å². The Labute approximate surface area is 147 Å². The number of pyridine rings is 1. The Morgan fingerprint density at radius 1 is 0.960 bits per heavy atom. The zero-order valence-electron chi connectivity index (χ0n) is 14.5. The summed E-state index contributed by atoms with van der Waals surface area (Å²) in [5.74, 6) is 2.03. The van der Waals surface area contributed by atoms with Gasteiger partial charge in [0.2, 0.25) is 5.95 Å². The molecule has 0 saturated heterocycles. The molecule has 0 saturated carbocycles. The lowest BCUT2D eigenvalue weighted by Gasteiger charge is -2.13. The molecule has 2 N–H and O–H groups in total. The van der Waals surface area contributed by atoms with Gasteiger partial charge in [-0.3, -0.25) is 4.98 Å². The van der Waals surface area contributed by atoms with Crippen LogP contribution in [0, 0.1) is 0 Å². The van der Waals surface area contributed by atoms with E-state index in [0.29, 0.717) is 11.8 Å². The number of nitrogens with one attached hydrogen (secondary N) is 2. The molecular formula is C19H21N5O. The van der Waals surface area contributed by atoms with Crippen LogP contribution in [0.25, 0.3) is 11.4 Å². The summed E-state index contributed by atoms with van der Waals surface area (Å²) in [5.41, 5.74) is 2.44. The minimum absolute atomic E-state index is 0.226. The van der Waals surface area contributed by atoms with Crippen molar-refractivity contribution in [1.82, 2.24) is 15.0 Å². The Hall–Kier alpha value is -3.15. The quantitative estimate of drug-likeness (QED) is 0.706. The number of methoxy groups -OCH3 is 1. The topological polar surface area (TPSA) is 72.0 Å². The van der Waals surface area contributed by atoms with Crippen molar-refractivity contribution in [2.75, 3.05) is 17.7 Å². The molecule has 0 bridgehead atoms. The maximum atomic E-state index is 5.27. The van der Waals surface area contributed by atoms with Gasteiger partial charge in [0.05, 0.1) is 18.5 Å². The highest BCUT2D eigenvalue weighted by molar-refractivity contribution is 5.65. The molecule has 2 aromatic heterocycles. The number of aromatic nitrogens is 3. The van der Waals surface area contributed by atoms with Gasteiger partial charge >= 0.3 is 0 Å². The van der Waals surface area contributed by atoms with Crippen LogP contribution in [-0.4, -0.2) is 28.1 Å². The molecule has 3 rings (SSSR count). The van der Waals surface area contributed by atoms with Crippen molar-refractivity contribution in [2.24, 2.45) is 0 Å². The van der Waals surface area contributed by atoms with E-state index >= 15 is 0 Å². The van der Waals surface area contributed by atoms with E-state index in [-0.39, 0.29) is 6.04 Å². The first-order valence-electron chi connectivity index (χ1n) is 8.12. The van der Waals surface area contributed by atoms with Crippen LogP contribution in [-0.2, 0) is 0 Å². The fourth-order valence-corrected chi connectivity index (χ4v) is 2.33. The number of benzene rings is 1. The molecule has 6 heteroatoms. The lowest BCUT2D eigenvalue weighted by molar-refractivity contribution is 0.415.